The summed E-state index contributed by atoms with van der Waals surface area (Å²) in [6.45, 7) is 1.39. The lowest BCUT2D eigenvalue weighted by atomic mass is 10.2. The van der Waals surface area contributed by atoms with E-state index in [0.29, 0.717) is 23.6 Å². The number of ether oxygens (including phenoxy) is 2. The molecule has 2 N–H and O–H groups in total. The number of para-hydroxylation sites is 2. The number of rotatable bonds is 8. The average Bonchev–Trinajstić information content (AvgIpc) is 3.25. The molecule has 29 heavy (non-hydrogen) atoms. The molecule has 0 spiro atoms. The van der Waals surface area contributed by atoms with E-state index in [1.807, 2.05) is 24.3 Å². The standard InChI is InChI=1S/C22H27N3O4/c1-25(2)22(27)16-9-11-17(12-10-16)24-21(26)14-23-19-7-3-4-8-20(19)29-15-18-6-5-13-28-18/h3-4,7-12,18,23H,5-6,13-15H2,1-2H3,(H,24,26). The summed E-state index contributed by atoms with van der Waals surface area (Å²) in [7, 11) is 3.40. The summed E-state index contributed by atoms with van der Waals surface area (Å²) in [4.78, 5) is 25.7. The van der Waals surface area contributed by atoms with E-state index in [2.05, 4.69) is 10.6 Å². The third kappa shape index (κ3) is 5.96. The van der Waals surface area contributed by atoms with E-state index in [4.69, 9.17) is 9.47 Å². The van der Waals surface area contributed by atoms with Crippen molar-refractivity contribution >= 4 is 23.2 Å². The largest absolute Gasteiger partial charge is 0.489 e. The zero-order chi connectivity index (χ0) is 20.6. The Bertz CT molecular complexity index is 830. The smallest absolute Gasteiger partial charge is 0.253 e. The number of benzene rings is 2. The first kappa shape index (κ1) is 20.7. The van der Waals surface area contributed by atoms with Crippen LogP contribution in [0.3, 0.4) is 0 Å². The van der Waals surface area contributed by atoms with Crippen molar-refractivity contribution in [2.24, 2.45) is 0 Å². The molecule has 3 rings (SSSR count). The fourth-order valence-electron chi connectivity index (χ4n) is 3.03. The minimum Gasteiger partial charge on any atom is -0.489 e. The third-order valence-corrected chi connectivity index (χ3v) is 4.60. The van der Waals surface area contributed by atoms with Gasteiger partial charge in [0.05, 0.1) is 18.3 Å². The summed E-state index contributed by atoms with van der Waals surface area (Å²) >= 11 is 0. The highest BCUT2D eigenvalue weighted by molar-refractivity contribution is 5.96. The van der Waals surface area contributed by atoms with Crippen molar-refractivity contribution in [3.8, 4) is 5.75 Å². The van der Waals surface area contributed by atoms with E-state index in [0.717, 1.165) is 25.1 Å². The van der Waals surface area contributed by atoms with E-state index < -0.39 is 0 Å². The number of nitrogens with one attached hydrogen (secondary N) is 2. The van der Waals surface area contributed by atoms with Gasteiger partial charge in [-0.15, -0.1) is 0 Å². The first-order valence-corrected chi connectivity index (χ1v) is 9.72. The van der Waals surface area contributed by atoms with Gasteiger partial charge in [-0.2, -0.15) is 0 Å². The van der Waals surface area contributed by atoms with Gasteiger partial charge in [-0.05, 0) is 49.2 Å². The van der Waals surface area contributed by atoms with Gasteiger partial charge in [-0.1, -0.05) is 12.1 Å². The molecule has 1 fully saturated rings. The Morgan fingerprint density at radius 1 is 1.14 bits per heavy atom. The molecule has 2 amide bonds. The second kappa shape index (κ2) is 9.93. The van der Waals surface area contributed by atoms with Crippen LogP contribution in [0, 0.1) is 0 Å². The number of amides is 2. The lowest BCUT2D eigenvalue weighted by Crippen LogP contribution is -2.23. The summed E-state index contributed by atoms with van der Waals surface area (Å²) < 4.78 is 11.5. The van der Waals surface area contributed by atoms with Crippen molar-refractivity contribution in [1.29, 1.82) is 0 Å². The highest BCUT2D eigenvalue weighted by Crippen LogP contribution is 2.25. The summed E-state index contributed by atoms with van der Waals surface area (Å²) in [5, 5.41) is 5.93. The normalized spacial score (nSPS) is 15.6. The van der Waals surface area contributed by atoms with Gasteiger partial charge < -0.3 is 25.0 Å². The van der Waals surface area contributed by atoms with Crippen LogP contribution in [0.15, 0.2) is 48.5 Å². The Labute approximate surface area is 171 Å². The number of hydrogen-bond acceptors (Lipinski definition) is 5. The molecule has 1 aliphatic heterocycles. The van der Waals surface area contributed by atoms with Crippen LogP contribution in [0.1, 0.15) is 23.2 Å². The molecule has 0 aliphatic carbocycles. The lowest BCUT2D eigenvalue weighted by Gasteiger charge is -2.15. The van der Waals surface area contributed by atoms with Gasteiger partial charge >= 0.3 is 0 Å². The van der Waals surface area contributed by atoms with Crippen molar-refractivity contribution in [2.45, 2.75) is 18.9 Å². The first-order chi connectivity index (χ1) is 14.0. The van der Waals surface area contributed by atoms with E-state index >= 15 is 0 Å². The van der Waals surface area contributed by atoms with Crippen molar-refractivity contribution in [3.63, 3.8) is 0 Å². The maximum absolute atomic E-state index is 12.3. The van der Waals surface area contributed by atoms with Gasteiger partial charge in [0.25, 0.3) is 5.91 Å². The van der Waals surface area contributed by atoms with Crippen LogP contribution in [0.4, 0.5) is 11.4 Å². The Morgan fingerprint density at radius 2 is 1.90 bits per heavy atom. The summed E-state index contributed by atoms with van der Waals surface area (Å²) in [6.07, 6.45) is 2.21. The molecule has 0 bridgehead atoms. The molecular weight excluding hydrogens is 370 g/mol. The van der Waals surface area contributed by atoms with Gasteiger partial charge in [0.15, 0.2) is 0 Å². The van der Waals surface area contributed by atoms with Crippen LogP contribution in [0.25, 0.3) is 0 Å². The molecule has 1 unspecified atom stereocenters. The molecule has 1 atom stereocenters. The van der Waals surface area contributed by atoms with Crippen LogP contribution >= 0.6 is 0 Å². The Hall–Kier alpha value is -3.06. The van der Waals surface area contributed by atoms with Crippen molar-refractivity contribution in [2.75, 3.05) is 44.5 Å². The van der Waals surface area contributed by atoms with Crippen molar-refractivity contribution < 1.29 is 19.1 Å². The second-order valence-corrected chi connectivity index (χ2v) is 7.12. The molecule has 2 aromatic carbocycles. The quantitative estimate of drug-likeness (QED) is 0.716. The minimum atomic E-state index is -0.189. The van der Waals surface area contributed by atoms with E-state index in [1.54, 1.807) is 38.4 Å². The Morgan fingerprint density at radius 3 is 2.59 bits per heavy atom. The Kier molecular flexibility index (Phi) is 7.08. The molecule has 1 heterocycles. The number of anilines is 2. The molecule has 1 aliphatic rings. The van der Waals surface area contributed by atoms with E-state index in [-0.39, 0.29) is 24.5 Å². The highest BCUT2D eigenvalue weighted by Gasteiger charge is 2.17. The number of carbonyl (C=O) groups is 2. The van der Waals surface area contributed by atoms with Crippen molar-refractivity contribution in [1.82, 2.24) is 4.90 Å². The molecular formula is C22H27N3O4. The van der Waals surface area contributed by atoms with Crippen LogP contribution in [0.2, 0.25) is 0 Å². The molecule has 2 aromatic rings. The van der Waals surface area contributed by atoms with E-state index in [9.17, 15) is 9.59 Å². The van der Waals surface area contributed by atoms with Crippen LogP contribution in [0.5, 0.6) is 5.75 Å². The molecule has 7 heteroatoms. The SMILES string of the molecule is CN(C)C(=O)c1ccc(NC(=O)CNc2ccccc2OCC2CCCO2)cc1. The van der Waals surface area contributed by atoms with Gasteiger partial charge in [-0.3, -0.25) is 9.59 Å². The molecule has 7 nitrogen and oxygen atoms in total. The number of carbonyl (C=O) groups excluding carboxylic acids is 2. The molecule has 0 saturated carbocycles. The maximum Gasteiger partial charge on any atom is 0.253 e. The lowest BCUT2D eigenvalue weighted by molar-refractivity contribution is -0.114. The molecule has 0 aromatic heterocycles. The van der Waals surface area contributed by atoms with Crippen molar-refractivity contribution in [3.05, 3.63) is 54.1 Å². The summed E-state index contributed by atoms with van der Waals surface area (Å²) in [5.74, 6) is 0.428. The molecule has 0 radical (unpaired) electrons. The predicted molar refractivity (Wildman–Crippen MR) is 112 cm³/mol. The zero-order valence-corrected chi connectivity index (χ0v) is 16.8. The second-order valence-electron chi connectivity index (χ2n) is 7.12. The average molecular weight is 397 g/mol. The maximum atomic E-state index is 12.3. The summed E-state index contributed by atoms with van der Waals surface area (Å²) in [6, 6.07) is 14.3. The van der Waals surface area contributed by atoms with Gasteiger partial charge in [-0.25, -0.2) is 0 Å². The van der Waals surface area contributed by atoms with Crippen LogP contribution < -0.4 is 15.4 Å². The fourth-order valence-corrected chi connectivity index (χ4v) is 3.03. The molecule has 1 saturated heterocycles. The highest BCUT2D eigenvalue weighted by atomic mass is 16.5. The minimum absolute atomic E-state index is 0.0795. The Balaban J connectivity index is 1.51. The van der Waals surface area contributed by atoms with Gasteiger partial charge in [0.2, 0.25) is 5.91 Å². The number of hydrogen-bond donors (Lipinski definition) is 2. The molecule has 154 valence electrons. The van der Waals surface area contributed by atoms with E-state index in [1.165, 1.54) is 4.90 Å². The fraction of sp³-hybridized carbons (Fsp3) is 0.364. The topological polar surface area (TPSA) is 79.9 Å². The van der Waals surface area contributed by atoms with Gasteiger partial charge in [0.1, 0.15) is 12.4 Å². The third-order valence-electron chi connectivity index (χ3n) is 4.60. The summed E-state index contributed by atoms with van der Waals surface area (Å²) in [5.41, 5.74) is 1.96. The zero-order valence-electron chi connectivity index (χ0n) is 16.8. The number of nitrogens with zero attached hydrogens (tertiary/aromatic N) is 1. The van der Waals surface area contributed by atoms with Crippen LogP contribution in [-0.4, -0.2) is 56.7 Å². The predicted octanol–water partition coefficient (Wildman–Crippen LogP) is 3.00. The van der Waals surface area contributed by atoms with Crippen LogP contribution in [-0.2, 0) is 9.53 Å². The van der Waals surface area contributed by atoms with Gasteiger partial charge in [0, 0.05) is 32.0 Å². The monoisotopic (exact) mass is 397 g/mol. The first-order valence-electron chi connectivity index (χ1n) is 9.72.